The Labute approximate surface area is 227 Å². The first-order valence-electron chi connectivity index (χ1n) is 12.3. The summed E-state index contributed by atoms with van der Waals surface area (Å²) in [7, 11) is 0. The van der Waals surface area contributed by atoms with Gasteiger partial charge in [-0.2, -0.15) is 15.2 Å². The molecule has 12 nitrogen and oxygen atoms in total. The number of likely N-dealkylation sites (tertiary alicyclic amines) is 1. The molecule has 2 fully saturated rings. The van der Waals surface area contributed by atoms with E-state index in [0.29, 0.717) is 13.1 Å². The average Bonchev–Trinajstić information content (AvgIpc) is 3.29. The zero-order chi connectivity index (χ0) is 28.4. The van der Waals surface area contributed by atoms with Crippen LogP contribution in [0.4, 0.5) is 26.8 Å². The molecule has 0 radical (unpaired) electrons. The highest BCUT2D eigenvalue weighted by molar-refractivity contribution is 6.35. The topological polar surface area (TPSA) is 178 Å². The fraction of sp³-hybridized carbons (Fsp3) is 0.440. The molecule has 5 rings (SSSR count). The minimum absolute atomic E-state index is 0.0312. The molecule has 1 saturated carbocycles. The van der Waals surface area contributed by atoms with Crippen LogP contribution in [-0.4, -0.2) is 49.2 Å². The molecule has 3 atom stereocenters. The summed E-state index contributed by atoms with van der Waals surface area (Å²) in [6.45, 7) is 7.86. The third kappa shape index (κ3) is 4.65. The number of rotatable bonds is 4. The fourth-order valence-electron chi connectivity index (χ4n) is 5.17. The van der Waals surface area contributed by atoms with Crippen LogP contribution in [-0.2, 0) is 4.74 Å². The van der Waals surface area contributed by atoms with Crippen LogP contribution in [0.5, 0.6) is 0 Å². The van der Waals surface area contributed by atoms with Gasteiger partial charge in [-0.15, -0.1) is 0 Å². The first-order chi connectivity index (χ1) is 18.3. The maximum Gasteiger partial charge on any atom is 0.410 e. The van der Waals surface area contributed by atoms with E-state index in [1.165, 1.54) is 10.6 Å². The quantitative estimate of drug-likeness (QED) is 0.432. The number of nitrogen functional groups attached to an aromatic ring is 2. The number of benzene rings is 1. The largest absolute Gasteiger partial charge is 0.444 e. The van der Waals surface area contributed by atoms with E-state index in [1.54, 1.807) is 32.6 Å². The van der Waals surface area contributed by atoms with Gasteiger partial charge in [0.2, 0.25) is 5.95 Å². The number of halogens is 2. The van der Waals surface area contributed by atoms with E-state index in [4.69, 9.17) is 27.8 Å². The highest BCUT2D eigenvalue weighted by Crippen LogP contribution is 2.55. The molecular formula is C25H27ClFN9O3. The number of anilines is 3. The van der Waals surface area contributed by atoms with Crippen LogP contribution in [0.2, 0.25) is 5.02 Å². The van der Waals surface area contributed by atoms with E-state index >= 15 is 0 Å². The first-order valence-corrected chi connectivity index (χ1v) is 12.7. The highest BCUT2D eigenvalue weighted by Gasteiger charge is 2.59. The number of aromatic nitrogens is 4. The van der Waals surface area contributed by atoms with Gasteiger partial charge < -0.3 is 26.4 Å². The number of piperidine rings is 1. The Bertz CT molecular complexity index is 1600. The lowest BCUT2D eigenvalue weighted by molar-refractivity contribution is 0.0266. The monoisotopic (exact) mass is 555 g/mol. The van der Waals surface area contributed by atoms with Gasteiger partial charge in [-0.1, -0.05) is 11.6 Å². The Morgan fingerprint density at radius 3 is 2.54 bits per heavy atom. The van der Waals surface area contributed by atoms with Gasteiger partial charge in [0.1, 0.15) is 40.2 Å². The molecule has 0 bridgehead atoms. The molecule has 39 heavy (non-hydrogen) atoms. The second kappa shape index (κ2) is 9.23. The van der Waals surface area contributed by atoms with Gasteiger partial charge in [0, 0.05) is 31.0 Å². The molecular weight excluding hydrogens is 529 g/mol. The van der Waals surface area contributed by atoms with Crippen molar-refractivity contribution in [1.82, 2.24) is 24.4 Å². The lowest BCUT2D eigenvalue weighted by Crippen LogP contribution is -2.38. The number of hydrogen-bond donors (Lipinski definition) is 3. The molecule has 2 unspecified atom stereocenters. The zero-order valence-corrected chi connectivity index (χ0v) is 22.5. The number of amides is 1. The smallest absolute Gasteiger partial charge is 0.410 e. The van der Waals surface area contributed by atoms with Crippen LogP contribution in [0.15, 0.2) is 16.9 Å². The van der Waals surface area contributed by atoms with Crippen molar-refractivity contribution in [2.24, 2.45) is 11.8 Å². The van der Waals surface area contributed by atoms with E-state index in [2.05, 4.69) is 20.3 Å². The maximum atomic E-state index is 14.9. The number of carbonyl (C=O) groups is 1. The third-order valence-corrected chi connectivity index (χ3v) is 7.20. The minimum atomic E-state index is -0.746. The molecule has 2 aromatic heterocycles. The number of carbonyl (C=O) groups excluding carboxylic acids is 1. The second-order valence-electron chi connectivity index (χ2n) is 10.8. The van der Waals surface area contributed by atoms with Crippen LogP contribution in [0.25, 0.3) is 10.9 Å². The number of nitriles is 1. The lowest BCUT2D eigenvalue weighted by atomic mass is 10.2. The molecule has 3 aromatic rings. The zero-order valence-electron chi connectivity index (χ0n) is 21.7. The van der Waals surface area contributed by atoms with Crippen molar-refractivity contribution in [2.45, 2.75) is 45.4 Å². The molecule has 1 saturated heterocycles. The summed E-state index contributed by atoms with van der Waals surface area (Å²) in [4.78, 5) is 40.5. The summed E-state index contributed by atoms with van der Waals surface area (Å²) in [6.07, 6.45) is -0.416. The Kier molecular flexibility index (Phi) is 6.26. The number of fused-ring (bicyclic) bond motifs is 2. The summed E-state index contributed by atoms with van der Waals surface area (Å²) in [5.41, 5.74) is 10.2. The number of nitrogens with zero attached hydrogens (tertiary/aromatic N) is 6. The molecule has 0 spiro atoms. The molecule has 1 aliphatic carbocycles. The summed E-state index contributed by atoms with van der Waals surface area (Å²) >= 11 is 6.33. The van der Waals surface area contributed by atoms with E-state index < -0.39 is 29.1 Å². The van der Waals surface area contributed by atoms with Crippen molar-refractivity contribution in [1.29, 1.82) is 5.26 Å². The van der Waals surface area contributed by atoms with Crippen LogP contribution >= 0.6 is 11.6 Å². The normalized spacial score (nSPS) is 20.8. The van der Waals surface area contributed by atoms with Crippen molar-refractivity contribution < 1.29 is 13.9 Å². The molecule has 1 aromatic carbocycles. The van der Waals surface area contributed by atoms with Crippen LogP contribution in [0.1, 0.15) is 51.2 Å². The molecule has 2 aliphatic rings. The number of ether oxygens (including phenoxy) is 1. The third-order valence-electron chi connectivity index (χ3n) is 6.89. The van der Waals surface area contributed by atoms with Gasteiger partial charge >= 0.3 is 6.09 Å². The summed E-state index contributed by atoms with van der Waals surface area (Å²) in [5.74, 6) is -0.777. The number of hydrogen-bond acceptors (Lipinski definition) is 10. The Balaban J connectivity index is 1.55. The second-order valence-corrected chi connectivity index (χ2v) is 11.2. The highest BCUT2D eigenvalue weighted by atomic mass is 35.5. The molecule has 5 N–H and O–H groups in total. The maximum absolute atomic E-state index is 14.9. The van der Waals surface area contributed by atoms with Gasteiger partial charge in [0.15, 0.2) is 5.82 Å². The molecule has 1 aliphatic heterocycles. The number of nitrogens with one attached hydrogen (secondary N) is 1. The standard InChI is InChI=1S/C25H27ClFN9O3/c1-10(31-20-11(7-28)19(29)33-23(30)34-20)21-32-17-15(27)6-5-14(26)16(17)22(37)36(21)18-12-8-35(9-13(12)18)24(38)39-25(2,3)4/h5-6,10,12-13,18H,8-9H2,1-4H3,(H5,29,30,31,33,34)/t10-,12?,13?,18?/m0/s1. The minimum Gasteiger partial charge on any atom is -0.444 e. The van der Waals surface area contributed by atoms with Crippen molar-refractivity contribution in [2.75, 3.05) is 29.9 Å². The summed E-state index contributed by atoms with van der Waals surface area (Å²) in [5, 5.41) is 12.6. The Morgan fingerprint density at radius 2 is 1.92 bits per heavy atom. The molecule has 3 heterocycles. The van der Waals surface area contributed by atoms with Crippen molar-refractivity contribution in [3.8, 4) is 6.07 Å². The van der Waals surface area contributed by atoms with E-state index in [1.807, 2.05) is 6.07 Å². The van der Waals surface area contributed by atoms with Crippen molar-refractivity contribution >= 4 is 46.2 Å². The predicted octanol–water partition coefficient (Wildman–Crippen LogP) is 3.23. The lowest BCUT2D eigenvalue weighted by Gasteiger charge is -2.27. The van der Waals surface area contributed by atoms with Crippen LogP contribution < -0.4 is 22.3 Å². The van der Waals surface area contributed by atoms with Crippen LogP contribution in [0, 0.1) is 29.0 Å². The molecule has 14 heteroatoms. The van der Waals surface area contributed by atoms with E-state index in [-0.39, 0.29) is 62.8 Å². The summed E-state index contributed by atoms with van der Waals surface area (Å²) < 4.78 is 21.8. The van der Waals surface area contributed by atoms with Crippen molar-refractivity contribution in [3.63, 3.8) is 0 Å². The van der Waals surface area contributed by atoms with E-state index in [9.17, 15) is 19.2 Å². The van der Waals surface area contributed by atoms with Gasteiger partial charge in [-0.25, -0.2) is 14.2 Å². The summed E-state index contributed by atoms with van der Waals surface area (Å²) in [6, 6.07) is 3.35. The van der Waals surface area contributed by atoms with Crippen molar-refractivity contribution in [3.05, 3.63) is 44.7 Å². The Hall–Kier alpha value is -4.18. The molecule has 1 amide bonds. The van der Waals surface area contributed by atoms with Gasteiger partial charge in [-0.3, -0.25) is 9.36 Å². The van der Waals surface area contributed by atoms with E-state index in [0.717, 1.165) is 6.07 Å². The Morgan fingerprint density at radius 1 is 1.26 bits per heavy atom. The fourth-order valence-corrected chi connectivity index (χ4v) is 5.41. The predicted molar refractivity (Wildman–Crippen MR) is 142 cm³/mol. The molecule has 204 valence electrons. The van der Waals surface area contributed by atoms with Gasteiger partial charge in [0.05, 0.1) is 16.5 Å². The van der Waals surface area contributed by atoms with Gasteiger partial charge in [-0.05, 0) is 39.8 Å². The van der Waals surface area contributed by atoms with Gasteiger partial charge in [0.25, 0.3) is 5.56 Å². The SMILES string of the molecule is C[C@H](Nc1nc(N)nc(N)c1C#N)c1nc2c(F)ccc(Cl)c2c(=O)n1C1C2CN(C(=O)OC(C)(C)C)CC21. The number of nitrogens with two attached hydrogens (primary N) is 2. The first kappa shape index (κ1) is 26.4. The van der Waals surface area contributed by atoms with Crippen LogP contribution in [0.3, 0.4) is 0 Å². The average molecular weight is 556 g/mol.